The molecule has 0 heterocycles. The van der Waals surface area contributed by atoms with Crippen LogP contribution in [-0.4, -0.2) is 36.0 Å². The molecule has 0 radical (unpaired) electrons. The minimum atomic E-state index is -0.465. The molecule has 5 heteroatoms. The number of amides is 3. The number of rotatable bonds is 7. The van der Waals surface area contributed by atoms with Crippen LogP contribution in [0.2, 0.25) is 0 Å². The highest BCUT2D eigenvalue weighted by Gasteiger charge is 2.22. The predicted octanol–water partition coefficient (Wildman–Crippen LogP) is 1.91. The highest BCUT2D eigenvalue weighted by Crippen LogP contribution is 2.08. The summed E-state index contributed by atoms with van der Waals surface area (Å²) in [4.78, 5) is 25.5. The van der Waals surface area contributed by atoms with Crippen molar-refractivity contribution in [1.82, 2.24) is 15.5 Å². The van der Waals surface area contributed by atoms with E-state index in [9.17, 15) is 9.59 Å². The molecule has 0 aliphatic carbocycles. The van der Waals surface area contributed by atoms with Crippen LogP contribution in [0.4, 0.5) is 4.79 Å². The summed E-state index contributed by atoms with van der Waals surface area (Å²) < 4.78 is 0. The van der Waals surface area contributed by atoms with E-state index in [0.29, 0.717) is 19.6 Å². The third-order valence-corrected chi connectivity index (χ3v) is 3.09. The standard InChI is InChI=1S/C16H23N3O2/c1-4-11-19(12-14-9-7-6-8-10-14)13(3)15(20)18-16(21)17-5-2/h4,6-10,13H,1,5,11-12H2,2-3H3,(H2,17,18,20,21). The molecule has 0 saturated heterocycles. The van der Waals surface area contributed by atoms with Crippen molar-refractivity contribution >= 4 is 11.9 Å². The van der Waals surface area contributed by atoms with Crippen LogP contribution in [0, 0.1) is 0 Å². The lowest BCUT2D eigenvalue weighted by Crippen LogP contribution is -2.49. The molecular weight excluding hydrogens is 266 g/mol. The Balaban J connectivity index is 2.68. The maximum Gasteiger partial charge on any atom is 0.321 e. The van der Waals surface area contributed by atoms with Crippen molar-refractivity contribution in [1.29, 1.82) is 0 Å². The summed E-state index contributed by atoms with van der Waals surface area (Å²) in [6.45, 7) is 8.97. The topological polar surface area (TPSA) is 61.4 Å². The SMILES string of the molecule is C=CCN(Cc1ccccc1)C(C)C(=O)NC(=O)NCC. The minimum Gasteiger partial charge on any atom is -0.338 e. The second-order valence-electron chi connectivity index (χ2n) is 4.73. The van der Waals surface area contributed by atoms with E-state index in [1.165, 1.54) is 0 Å². The highest BCUT2D eigenvalue weighted by molar-refractivity contribution is 5.96. The fourth-order valence-corrected chi connectivity index (χ4v) is 1.93. The van der Waals surface area contributed by atoms with Crippen LogP contribution < -0.4 is 10.6 Å². The minimum absolute atomic E-state index is 0.321. The molecule has 5 nitrogen and oxygen atoms in total. The van der Waals surface area contributed by atoms with Crippen LogP contribution in [0.15, 0.2) is 43.0 Å². The molecule has 0 fully saturated rings. The Morgan fingerprint density at radius 2 is 2.00 bits per heavy atom. The van der Waals surface area contributed by atoms with Crippen molar-refractivity contribution in [2.45, 2.75) is 26.4 Å². The molecule has 1 rings (SSSR count). The third-order valence-electron chi connectivity index (χ3n) is 3.09. The number of urea groups is 1. The molecule has 114 valence electrons. The number of carbonyl (C=O) groups excluding carboxylic acids is 2. The van der Waals surface area contributed by atoms with Gasteiger partial charge in [0.1, 0.15) is 0 Å². The van der Waals surface area contributed by atoms with Gasteiger partial charge in [0.2, 0.25) is 5.91 Å². The van der Waals surface area contributed by atoms with Gasteiger partial charge in [-0.05, 0) is 19.4 Å². The summed E-state index contributed by atoms with van der Waals surface area (Å²) in [6, 6.07) is 8.99. The highest BCUT2D eigenvalue weighted by atomic mass is 16.2. The number of nitrogens with one attached hydrogen (secondary N) is 2. The van der Waals surface area contributed by atoms with Gasteiger partial charge in [-0.2, -0.15) is 0 Å². The van der Waals surface area contributed by atoms with Gasteiger partial charge in [0.25, 0.3) is 0 Å². The molecule has 2 N–H and O–H groups in total. The van der Waals surface area contributed by atoms with Crippen LogP contribution in [0.3, 0.4) is 0 Å². The summed E-state index contributed by atoms with van der Waals surface area (Å²) in [5.74, 6) is -0.321. The molecule has 0 bridgehead atoms. The lowest BCUT2D eigenvalue weighted by Gasteiger charge is -2.26. The Hall–Kier alpha value is -2.14. The molecule has 0 aliphatic rings. The summed E-state index contributed by atoms with van der Waals surface area (Å²) >= 11 is 0. The monoisotopic (exact) mass is 289 g/mol. The molecule has 1 unspecified atom stereocenters. The number of imide groups is 1. The van der Waals surface area contributed by atoms with E-state index < -0.39 is 12.1 Å². The zero-order chi connectivity index (χ0) is 15.7. The van der Waals surface area contributed by atoms with Gasteiger partial charge in [-0.25, -0.2) is 4.79 Å². The van der Waals surface area contributed by atoms with E-state index in [1.807, 2.05) is 35.2 Å². The Bertz CT molecular complexity index is 474. The maximum absolute atomic E-state index is 12.1. The number of hydrogen-bond donors (Lipinski definition) is 2. The van der Waals surface area contributed by atoms with Gasteiger partial charge >= 0.3 is 6.03 Å². The summed E-state index contributed by atoms with van der Waals surface area (Å²) in [7, 11) is 0. The van der Waals surface area contributed by atoms with Gasteiger partial charge in [-0.1, -0.05) is 36.4 Å². The second-order valence-corrected chi connectivity index (χ2v) is 4.73. The number of nitrogens with zero attached hydrogens (tertiary/aromatic N) is 1. The van der Waals surface area contributed by atoms with Crippen molar-refractivity contribution in [3.8, 4) is 0 Å². The summed E-state index contributed by atoms with van der Waals surface area (Å²) in [5, 5.41) is 4.88. The fraction of sp³-hybridized carbons (Fsp3) is 0.375. The van der Waals surface area contributed by atoms with Gasteiger partial charge in [-0.3, -0.25) is 15.0 Å². The molecule has 21 heavy (non-hydrogen) atoms. The largest absolute Gasteiger partial charge is 0.338 e. The van der Waals surface area contributed by atoms with Crippen LogP contribution in [-0.2, 0) is 11.3 Å². The average molecular weight is 289 g/mol. The summed E-state index contributed by atoms with van der Waals surface area (Å²) in [5.41, 5.74) is 1.11. The van der Waals surface area contributed by atoms with Crippen LogP contribution in [0.25, 0.3) is 0 Å². The van der Waals surface area contributed by atoms with Gasteiger partial charge in [0.05, 0.1) is 6.04 Å². The smallest absolute Gasteiger partial charge is 0.321 e. The van der Waals surface area contributed by atoms with E-state index in [2.05, 4.69) is 17.2 Å². The maximum atomic E-state index is 12.1. The second kappa shape index (κ2) is 8.92. The third kappa shape index (κ3) is 5.79. The Morgan fingerprint density at radius 3 is 2.57 bits per heavy atom. The van der Waals surface area contributed by atoms with Crippen molar-refractivity contribution < 1.29 is 9.59 Å². The number of carbonyl (C=O) groups is 2. The van der Waals surface area contributed by atoms with Crippen molar-refractivity contribution in [3.05, 3.63) is 48.6 Å². The molecule has 1 atom stereocenters. The fourth-order valence-electron chi connectivity index (χ4n) is 1.93. The summed E-state index contributed by atoms with van der Waals surface area (Å²) in [6.07, 6.45) is 1.75. The number of hydrogen-bond acceptors (Lipinski definition) is 3. The first-order valence-electron chi connectivity index (χ1n) is 7.06. The van der Waals surface area contributed by atoms with E-state index in [-0.39, 0.29) is 5.91 Å². The zero-order valence-electron chi connectivity index (χ0n) is 12.6. The quantitative estimate of drug-likeness (QED) is 0.754. The number of benzene rings is 1. The normalized spacial score (nSPS) is 11.8. The van der Waals surface area contributed by atoms with E-state index in [1.54, 1.807) is 19.9 Å². The molecule has 0 saturated carbocycles. The van der Waals surface area contributed by atoms with Crippen molar-refractivity contribution in [2.75, 3.05) is 13.1 Å². The first-order chi connectivity index (χ1) is 10.1. The molecule has 0 spiro atoms. The Labute approximate surface area is 126 Å². The Kier molecular flexibility index (Phi) is 7.18. The molecule has 1 aromatic rings. The molecule has 3 amide bonds. The van der Waals surface area contributed by atoms with Crippen LogP contribution in [0.5, 0.6) is 0 Å². The molecule has 1 aromatic carbocycles. The Morgan fingerprint density at radius 1 is 1.33 bits per heavy atom. The van der Waals surface area contributed by atoms with Crippen LogP contribution in [0.1, 0.15) is 19.4 Å². The van der Waals surface area contributed by atoms with Gasteiger partial charge in [0, 0.05) is 19.6 Å². The molecule has 0 aliphatic heterocycles. The lowest BCUT2D eigenvalue weighted by atomic mass is 10.1. The van der Waals surface area contributed by atoms with Crippen molar-refractivity contribution in [3.63, 3.8) is 0 Å². The first kappa shape index (κ1) is 16.9. The van der Waals surface area contributed by atoms with E-state index in [4.69, 9.17) is 0 Å². The van der Waals surface area contributed by atoms with Gasteiger partial charge < -0.3 is 5.32 Å². The lowest BCUT2D eigenvalue weighted by molar-refractivity contribution is -0.124. The van der Waals surface area contributed by atoms with Crippen molar-refractivity contribution in [2.24, 2.45) is 0 Å². The van der Waals surface area contributed by atoms with Crippen LogP contribution >= 0.6 is 0 Å². The van der Waals surface area contributed by atoms with Gasteiger partial charge in [-0.15, -0.1) is 6.58 Å². The molecular formula is C16H23N3O2. The molecule has 0 aromatic heterocycles. The predicted molar refractivity (Wildman–Crippen MR) is 83.7 cm³/mol. The average Bonchev–Trinajstić information content (AvgIpc) is 2.47. The zero-order valence-corrected chi connectivity index (χ0v) is 12.6. The van der Waals surface area contributed by atoms with E-state index >= 15 is 0 Å². The van der Waals surface area contributed by atoms with E-state index in [0.717, 1.165) is 5.56 Å². The first-order valence-corrected chi connectivity index (χ1v) is 7.06. The van der Waals surface area contributed by atoms with Gasteiger partial charge in [0.15, 0.2) is 0 Å².